The molecule has 4 rings (SSSR count). The number of benzene rings is 2. The number of nitrogens with zero attached hydrogens (tertiary/aromatic N) is 4. The van der Waals surface area contributed by atoms with E-state index >= 15 is 0 Å². The maximum Gasteiger partial charge on any atom is 0.101 e. The first-order valence-corrected chi connectivity index (χ1v) is 9.82. The van der Waals surface area contributed by atoms with Crippen molar-refractivity contribution in [3.63, 3.8) is 0 Å². The average Bonchev–Trinajstić information content (AvgIpc) is 3.20. The molecule has 0 aliphatic carbocycles. The van der Waals surface area contributed by atoms with E-state index in [2.05, 4.69) is 34.4 Å². The molecule has 0 unspecified atom stereocenters. The molecule has 1 atom stereocenters. The van der Waals surface area contributed by atoms with Crippen molar-refractivity contribution < 1.29 is 0 Å². The van der Waals surface area contributed by atoms with Crippen LogP contribution in [0, 0.1) is 11.3 Å². The third-order valence-electron chi connectivity index (χ3n) is 5.01. The molecule has 0 radical (unpaired) electrons. The first-order valence-electron chi connectivity index (χ1n) is 9.45. The van der Waals surface area contributed by atoms with Crippen LogP contribution in [0.15, 0.2) is 67.1 Å². The number of pyridine rings is 1. The fraction of sp³-hybridized carbons (Fsp3) is 0.174. The zero-order valence-electron chi connectivity index (χ0n) is 15.8. The second-order valence-electron chi connectivity index (χ2n) is 7.04. The van der Waals surface area contributed by atoms with Gasteiger partial charge in [-0.1, -0.05) is 35.9 Å². The van der Waals surface area contributed by atoms with Crippen LogP contribution < -0.4 is 5.73 Å². The van der Waals surface area contributed by atoms with Gasteiger partial charge in [0.1, 0.15) is 6.07 Å². The Hall–Kier alpha value is -3.20. The van der Waals surface area contributed by atoms with Gasteiger partial charge in [0, 0.05) is 35.6 Å². The lowest BCUT2D eigenvalue weighted by Gasteiger charge is -2.13. The Labute approximate surface area is 174 Å². The number of rotatable bonds is 6. The van der Waals surface area contributed by atoms with Crippen molar-refractivity contribution in [1.29, 1.82) is 5.26 Å². The number of aryl methyl sites for hydroxylation is 1. The maximum absolute atomic E-state index is 9.00. The lowest BCUT2D eigenvalue weighted by atomic mass is 10.0. The SMILES string of the molecule is N#Cc1ccc(-c2ccn(C[C@H](N)CCc3cccc4ccncc34)n2)cc1Cl. The fourth-order valence-corrected chi connectivity index (χ4v) is 3.67. The van der Waals surface area contributed by atoms with Crippen molar-refractivity contribution >= 4 is 22.4 Å². The highest BCUT2D eigenvalue weighted by Gasteiger charge is 2.10. The minimum Gasteiger partial charge on any atom is -0.326 e. The Morgan fingerprint density at radius 2 is 2.07 bits per heavy atom. The molecule has 0 aliphatic rings. The minimum absolute atomic E-state index is 0.0146. The van der Waals surface area contributed by atoms with E-state index in [-0.39, 0.29) is 6.04 Å². The molecule has 0 aliphatic heterocycles. The van der Waals surface area contributed by atoms with Crippen LogP contribution in [0.5, 0.6) is 0 Å². The molecule has 5 nitrogen and oxygen atoms in total. The highest BCUT2D eigenvalue weighted by Crippen LogP contribution is 2.24. The Balaban J connectivity index is 1.41. The standard InChI is InChI=1S/C23H20ClN5/c24-22-12-18(4-5-19(22)13-25)23-9-11-29(28-23)15-20(26)7-6-16-2-1-3-17-8-10-27-14-21(16)17/h1-5,8-12,14,20H,6-7,15,26H2/t20-/m1/s1. The summed E-state index contributed by atoms with van der Waals surface area (Å²) >= 11 is 6.13. The van der Waals surface area contributed by atoms with Crippen LogP contribution in [0.2, 0.25) is 5.02 Å². The Bertz CT molecular complexity index is 1190. The van der Waals surface area contributed by atoms with Crippen LogP contribution in [0.3, 0.4) is 0 Å². The monoisotopic (exact) mass is 401 g/mol. The normalized spacial score (nSPS) is 12.0. The van der Waals surface area contributed by atoms with Crippen molar-refractivity contribution in [2.45, 2.75) is 25.4 Å². The zero-order chi connectivity index (χ0) is 20.2. The maximum atomic E-state index is 9.00. The van der Waals surface area contributed by atoms with Gasteiger partial charge in [0.05, 0.1) is 22.8 Å². The molecule has 0 bridgehead atoms. The van der Waals surface area contributed by atoms with Gasteiger partial charge in [0.2, 0.25) is 0 Å². The second kappa shape index (κ2) is 8.44. The second-order valence-corrected chi connectivity index (χ2v) is 7.45. The number of hydrogen-bond acceptors (Lipinski definition) is 4. The summed E-state index contributed by atoms with van der Waals surface area (Å²) < 4.78 is 1.86. The lowest BCUT2D eigenvalue weighted by Crippen LogP contribution is -2.27. The molecule has 0 spiro atoms. The third-order valence-corrected chi connectivity index (χ3v) is 5.32. The summed E-state index contributed by atoms with van der Waals surface area (Å²) in [4.78, 5) is 4.24. The van der Waals surface area contributed by atoms with Gasteiger partial charge < -0.3 is 5.73 Å². The van der Waals surface area contributed by atoms with Crippen LogP contribution in [0.25, 0.3) is 22.0 Å². The Morgan fingerprint density at radius 1 is 1.17 bits per heavy atom. The number of aromatic nitrogens is 3. The molecule has 144 valence electrons. The molecule has 2 aromatic heterocycles. The summed E-state index contributed by atoms with van der Waals surface area (Å²) in [6, 6.07) is 17.6. The van der Waals surface area contributed by atoms with Crippen molar-refractivity contribution in [2.75, 3.05) is 0 Å². The van der Waals surface area contributed by atoms with Gasteiger partial charge in [0.25, 0.3) is 0 Å². The Morgan fingerprint density at radius 3 is 2.90 bits per heavy atom. The summed E-state index contributed by atoms with van der Waals surface area (Å²) in [6.07, 6.45) is 7.39. The number of halogens is 1. The van der Waals surface area contributed by atoms with E-state index in [0.717, 1.165) is 24.1 Å². The van der Waals surface area contributed by atoms with E-state index in [4.69, 9.17) is 22.6 Å². The van der Waals surface area contributed by atoms with E-state index in [1.54, 1.807) is 12.1 Å². The lowest BCUT2D eigenvalue weighted by molar-refractivity contribution is 0.487. The number of nitriles is 1. The van der Waals surface area contributed by atoms with Gasteiger partial charge in [0.15, 0.2) is 0 Å². The molecule has 2 aromatic carbocycles. The van der Waals surface area contributed by atoms with Gasteiger partial charge in [-0.3, -0.25) is 9.67 Å². The smallest absolute Gasteiger partial charge is 0.101 e. The largest absolute Gasteiger partial charge is 0.326 e. The minimum atomic E-state index is -0.0146. The van der Waals surface area contributed by atoms with Crippen molar-refractivity contribution in [1.82, 2.24) is 14.8 Å². The molecule has 0 saturated heterocycles. The van der Waals surface area contributed by atoms with Gasteiger partial charge in [-0.05, 0) is 48.1 Å². The average molecular weight is 402 g/mol. The zero-order valence-corrected chi connectivity index (χ0v) is 16.5. The van der Waals surface area contributed by atoms with E-state index < -0.39 is 0 Å². The summed E-state index contributed by atoms with van der Waals surface area (Å²) in [5.41, 5.74) is 9.78. The summed E-state index contributed by atoms with van der Waals surface area (Å²) in [5.74, 6) is 0. The molecular formula is C23H20ClN5. The molecule has 2 N–H and O–H groups in total. The van der Waals surface area contributed by atoms with Gasteiger partial charge in [-0.25, -0.2) is 0 Å². The molecular weight excluding hydrogens is 382 g/mol. The molecule has 0 fully saturated rings. The molecule has 0 amide bonds. The third kappa shape index (κ3) is 4.29. The van der Waals surface area contributed by atoms with Crippen LogP contribution in [-0.2, 0) is 13.0 Å². The van der Waals surface area contributed by atoms with Crippen LogP contribution in [-0.4, -0.2) is 20.8 Å². The molecule has 0 saturated carbocycles. The van der Waals surface area contributed by atoms with Gasteiger partial charge in [-0.2, -0.15) is 10.4 Å². The predicted octanol–water partition coefficient (Wildman–Crippen LogP) is 4.58. The summed E-state index contributed by atoms with van der Waals surface area (Å²) in [5, 5.41) is 16.4. The van der Waals surface area contributed by atoms with E-state index in [1.807, 2.05) is 41.5 Å². The van der Waals surface area contributed by atoms with Crippen molar-refractivity contribution in [3.8, 4) is 17.3 Å². The molecule has 4 aromatic rings. The van der Waals surface area contributed by atoms with Crippen LogP contribution >= 0.6 is 11.6 Å². The van der Waals surface area contributed by atoms with E-state index in [1.165, 1.54) is 16.3 Å². The summed E-state index contributed by atoms with van der Waals surface area (Å²) in [6.45, 7) is 0.632. The number of nitrogens with two attached hydrogens (primary N) is 1. The van der Waals surface area contributed by atoms with Crippen molar-refractivity contribution in [2.24, 2.45) is 5.73 Å². The van der Waals surface area contributed by atoms with E-state index in [0.29, 0.717) is 17.1 Å². The highest BCUT2D eigenvalue weighted by molar-refractivity contribution is 6.32. The summed E-state index contributed by atoms with van der Waals surface area (Å²) in [7, 11) is 0. The van der Waals surface area contributed by atoms with Gasteiger partial charge >= 0.3 is 0 Å². The molecule has 29 heavy (non-hydrogen) atoms. The Kier molecular flexibility index (Phi) is 5.57. The number of fused-ring (bicyclic) bond motifs is 1. The quantitative estimate of drug-likeness (QED) is 0.512. The first kappa shape index (κ1) is 19.1. The van der Waals surface area contributed by atoms with Gasteiger partial charge in [-0.15, -0.1) is 0 Å². The predicted molar refractivity (Wildman–Crippen MR) is 115 cm³/mol. The van der Waals surface area contributed by atoms with E-state index in [9.17, 15) is 0 Å². The topological polar surface area (TPSA) is 80.5 Å². The van der Waals surface area contributed by atoms with Crippen LogP contribution in [0.1, 0.15) is 17.5 Å². The van der Waals surface area contributed by atoms with Crippen LogP contribution in [0.4, 0.5) is 0 Å². The highest BCUT2D eigenvalue weighted by atomic mass is 35.5. The van der Waals surface area contributed by atoms with Crippen molar-refractivity contribution in [3.05, 3.63) is 83.3 Å². The first-order chi connectivity index (χ1) is 14.1. The molecule has 6 heteroatoms. The molecule has 2 heterocycles. The fourth-order valence-electron chi connectivity index (χ4n) is 3.45. The number of hydrogen-bond donors (Lipinski definition) is 1.